The molecule has 0 saturated heterocycles. The van der Waals surface area contributed by atoms with E-state index in [0.717, 1.165) is 5.56 Å². The zero-order valence-corrected chi connectivity index (χ0v) is 14.1. The molecule has 0 aliphatic heterocycles. The minimum absolute atomic E-state index is 0.0343. The van der Waals surface area contributed by atoms with E-state index in [1.807, 2.05) is 60.2 Å². The lowest BCUT2D eigenvalue weighted by Gasteiger charge is -2.17. The number of benzene rings is 1. The summed E-state index contributed by atoms with van der Waals surface area (Å²) < 4.78 is 2.08. The first kappa shape index (κ1) is 15.8. The van der Waals surface area contributed by atoms with E-state index >= 15 is 0 Å². The van der Waals surface area contributed by atoms with Crippen LogP contribution in [0, 0.1) is 0 Å². The van der Waals surface area contributed by atoms with Crippen molar-refractivity contribution in [2.75, 3.05) is 0 Å². The second-order valence-electron chi connectivity index (χ2n) is 5.27. The molecular formula is C18H17ClN2OS. The van der Waals surface area contributed by atoms with Crippen LogP contribution >= 0.6 is 22.9 Å². The Morgan fingerprint density at radius 1 is 1.13 bits per heavy atom. The summed E-state index contributed by atoms with van der Waals surface area (Å²) in [6, 6.07) is 15.6. The normalized spacial score (nSPS) is 12.0. The molecule has 2 heterocycles. The molecule has 3 aromatic rings. The third-order valence-electron chi connectivity index (χ3n) is 3.64. The second-order valence-corrected chi connectivity index (χ2v) is 6.68. The van der Waals surface area contributed by atoms with E-state index in [1.165, 1.54) is 4.88 Å². The van der Waals surface area contributed by atoms with E-state index in [2.05, 4.69) is 16.0 Å². The predicted molar refractivity (Wildman–Crippen MR) is 94.8 cm³/mol. The molecule has 1 amide bonds. The molecule has 1 atom stereocenters. The smallest absolute Gasteiger partial charge is 0.222 e. The van der Waals surface area contributed by atoms with Crippen molar-refractivity contribution in [1.82, 2.24) is 9.88 Å². The highest BCUT2D eigenvalue weighted by Crippen LogP contribution is 2.26. The predicted octanol–water partition coefficient (Wildman–Crippen LogP) is 4.50. The lowest BCUT2D eigenvalue weighted by molar-refractivity contribution is -0.121. The number of carbonyl (C=O) groups excluding carboxylic acids is 1. The van der Waals surface area contributed by atoms with Gasteiger partial charge in [-0.2, -0.15) is 0 Å². The van der Waals surface area contributed by atoms with Crippen LogP contribution in [-0.4, -0.2) is 10.5 Å². The van der Waals surface area contributed by atoms with Crippen LogP contribution in [0.3, 0.4) is 0 Å². The average Bonchev–Trinajstić information content (AvgIpc) is 3.25. The van der Waals surface area contributed by atoms with Gasteiger partial charge in [-0.1, -0.05) is 29.8 Å². The maximum absolute atomic E-state index is 12.3. The van der Waals surface area contributed by atoms with Gasteiger partial charge in [0.1, 0.15) is 0 Å². The number of aromatic nitrogens is 1. The summed E-state index contributed by atoms with van der Waals surface area (Å²) >= 11 is 7.54. The van der Waals surface area contributed by atoms with E-state index in [0.29, 0.717) is 18.0 Å². The molecule has 0 saturated carbocycles. The first-order chi connectivity index (χ1) is 11.2. The van der Waals surface area contributed by atoms with Crippen LogP contribution in [0.25, 0.3) is 0 Å². The number of hydrogen-bond acceptors (Lipinski definition) is 2. The highest BCUT2D eigenvalue weighted by Gasteiger charge is 2.18. The lowest BCUT2D eigenvalue weighted by atomic mass is 10.1. The summed E-state index contributed by atoms with van der Waals surface area (Å²) in [6.07, 6.45) is 4.41. The SMILES string of the molecule is O=C(CC(c1cccs1)n1cccc1)NCc1ccc(Cl)cc1. The molecule has 0 spiro atoms. The third-order valence-corrected chi connectivity index (χ3v) is 4.87. The Hall–Kier alpha value is -2.04. The van der Waals surface area contributed by atoms with Crippen LogP contribution in [0.2, 0.25) is 5.02 Å². The highest BCUT2D eigenvalue weighted by atomic mass is 35.5. The Balaban J connectivity index is 1.63. The van der Waals surface area contributed by atoms with Gasteiger partial charge in [0.15, 0.2) is 0 Å². The number of carbonyl (C=O) groups is 1. The number of thiophene rings is 1. The molecule has 0 fully saturated rings. The Bertz CT molecular complexity index is 702. The van der Waals surface area contributed by atoms with Crippen molar-refractivity contribution >= 4 is 28.8 Å². The van der Waals surface area contributed by atoms with E-state index in [1.54, 1.807) is 11.3 Å². The summed E-state index contributed by atoms with van der Waals surface area (Å²) in [6.45, 7) is 0.513. The first-order valence-electron chi connectivity index (χ1n) is 7.39. The van der Waals surface area contributed by atoms with Gasteiger partial charge in [-0.3, -0.25) is 4.79 Å². The van der Waals surface area contributed by atoms with Crippen molar-refractivity contribution in [3.8, 4) is 0 Å². The van der Waals surface area contributed by atoms with Gasteiger partial charge in [0.05, 0.1) is 12.5 Å². The van der Waals surface area contributed by atoms with E-state index in [9.17, 15) is 4.79 Å². The van der Waals surface area contributed by atoms with Gasteiger partial charge in [0.2, 0.25) is 5.91 Å². The molecule has 0 bridgehead atoms. The van der Waals surface area contributed by atoms with Crippen molar-refractivity contribution in [1.29, 1.82) is 0 Å². The summed E-state index contributed by atoms with van der Waals surface area (Å²) in [4.78, 5) is 13.5. The second kappa shape index (κ2) is 7.49. The first-order valence-corrected chi connectivity index (χ1v) is 8.65. The Morgan fingerprint density at radius 3 is 2.52 bits per heavy atom. The molecule has 0 aliphatic rings. The quantitative estimate of drug-likeness (QED) is 0.702. The third kappa shape index (κ3) is 4.24. The summed E-state index contributed by atoms with van der Waals surface area (Å²) in [5.41, 5.74) is 1.04. The molecule has 0 radical (unpaired) electrons. The van der Waals surface area contributed by atoms with Crippen LogP contribution in [0.1, 0.15) is 22.9 Å². The standard InChI is InChI=1S/C18H17ClN2OS/c19-15-7-5-14(6-8-15)13-20-18(22)12-16(17-4-3-11-23-17)21-9-1-2-10-21/h1-11,16H,12-13H2,(H,20,22). The fourth-order valence-electron chi connectivity index (χ4n) is 2.44. The van der Waals surface area contributed by atoms with Crippen LogP contribution in [0.15, 0.2) is 66.3 Å². The maximum Gasteiger partial charge on any atom is 0.222 e. The molecule has 3 nitrogen and oxygen atoms in total. The number of nitrogens with one attached hydrogen (secondary N) is 1. The minimum atomic E-state index is 0.0343. The summed E-state index contributed by atoms with van der Waals surface area (Å²) in [5, 5.41) is 5.72. The molecule has 2 aromatic heterocycles. The van der Waals surface area contributed by atoms with Crippen LogP contribution < -0.4 is 5.32 Å². The fourth-order valence-corrected chi connectivity index (χ4v) is 3.40. The number of hydrogen-bond donors (Lipinski definition) is 1. The highest BCUT2D eigenvalue weighted by molar-refractivity contribution is 7.10. The van der Waals surface area contributed by atoms with E-state index in [4.69, 9.17) is 11.6 Å². The number of nitrogens with zero attached hydrogens (tertiary/aromatic N) is 1. The minimum Gasteiger partial charge on any atom is -0.352 e. The van der Waals surface area contributed by atoms with Gasteiger partial charge in [0.25, 0.3) is 0 Å². The number of halogens is 1. The Labute approximate surface area is 144 Å². The van der Waals surface area contributed by atoms with Gasteiger partial charge >= 0.3 is 0 Å². The molecule has 23 heavy (non-hydrogen) atoms. The monoisotopic (exact) mass is 344 g/mol. The topological polar surface area (TPSA) is 34.0 Å². The molecule has 0 aliphatic carbocycles. The average molecular weight is 345 g/mol. The Kier molecular flexibility index (Phi) is 5.16. The number of amides is 1. The molecule has 118 valence electrons. The largest absolute Gasteiger partial charge is 0.352 e. The lowest BCUT2D eigenvalue weighted by Crippen LogP contribution is -2.26. The Morgan fingerprint density at radius 2 is 1.87 bits per heavy atom. The van der Waals surface area contributed by atoms with E-state index in [-0.39, 0.29) is 11.9 Å². The van der Waals surface area contributed by atoms with Crippen LogP contribution in [-0.2, 0) is 11.3 Å². The molecule has 3 rings (SSSR count). The van der Waals surface area contributed by atoms with Gasteiger partial charge < -0.3 is 9.88 Å². The van der Waals surface area contributed by atoms with Gasteiger partial charge in [-0.05, 0) is 41.3 Å². The summed E-state index contributed by atoms with van der Waals surface area (Å²) in [7, 11) is 0. The number of rotatable bonds is 6. The molecule has 1 N–H and O–H groups in total. The fraction of sp³-hybridized carbons (Fsp3) is 0.167. The van der Waals surface area contributed by atoms with Gasteiger partial charge in [-0.15, -0.1) is 11.3 Å². The van der Waals surface area contributed by atoms with E-state index < -0.39 is 0 Å². The van der Waals surface area contributed by atoms with Crippen molar-refractivity contribution < 1.29 is 4.79 Å². The zero-order valence-electron chi connectivity index (χ0n) is 12.5. The van der Waals surface area contributed by atoms with Crippen molar-refractivity contribution in [3.63, 3.8) is 0 Å². The van der Waals surface area contributed by atoms with Crippen molar-refractivity contribution in [3.05, 3.63) is 81.8 Å². The molecule has 1 aromatic carbocycles. The van der Waals surface area contributed by atoms with Crippen molar-refractivity contribution in [2.24, 2.45) is 0 Å². The van der Waals surface area contributed by atoms with Crippen molar-refractivity contribution in [2.45, 2.75) is 19.0 Å². The van der Waals surface area contributed by atoms with Crippen LogP contribution in [0.4, 0.5) is 0 Å². The van der Waals surface area contributed by atoms with Gasteiger partial charge in [-0.25, -0.2) is 0 Å². The molecule has 1 unspecified atom stereocenters. The summed E-state index contributed by atoms with van der Waals surface area (Å²) in [5.74, 6) is 0.0343. The maximum atomic E-state index is 12.3. The molecule has 5 heteroatoms. The van der Waals surface area contributed by atoms with Gasteiger partial charge in [0, 0.05) is 28.8 Å². The molecular weight excluding hydrogens is 328 g/mol. The van der Waals surface area contributed by atoms with Crippen LogP contribution in [0.5, 0.6) is 0 Å². The zero-order chi connectivity index (χ0) is 16.1.